The van der Waals surface area contributed by atoms with E-state index in [0.717, 1.165) is 0 Å². The van der Waals surface area contributed by atoms with E-state index in [-0.39, 0.29) is 12.5 Å². The summed E-state index contributed by atoms with van der Waals surface area (Å²) in [6.07, 6.45) is 2.72. The van der Waals surface area contributed by atoms with Crippen LogP contribution < -0.4 is 4.90 Å². The maximum atomic E-state index is 13.5. The lowest BCUT2D eigenvalue weighted by Crippen LogP contribution is -2.22. The summed E-state index contributed by atoms with van der Waals surface area (Å²) in [5, 5.41) is 2.23. The predicted molar refractivity (Wildman–Crippen MR) is 107 cm³/mol. The Morgan fingerprint density at radius 2 is 1.86 bits per heavy atom. The lowest BCUT2D eigenvalue weighted by Gasteiger charge is -2.17. The lowest BCUT2D eigenvalue weighted by molar-refractivity contribution is -0.139. The van der Waals surface area contributed by atoms with Crippen LogP contribution >= 0.6 is 11.3 Å². The Morgan fingerprint density at radius 3 is 2.57 bits per heavy atom. The van der Waals surface area contributed by atoms with Gasteiger partial charge in [-0.1, -0.05) is 36.4 Å². The van der Waals surface area contributed by atoms with Crippen LogP contribution in [0.15, 0.2) is 66.1 Å². The Bertz CT molecular complexity index is 1000. The molecule has 1 amide bonds. The first-order chi connectivity index (χ1) is 13.5. The normalized spacial score (nSPS) is 10.8. The van der Waals surface area contributed by atoms with Gasteiger partial charge in [0.1, 0.15) is 12.4 Å². The standard InChI is InChI=1S/C21H17FN2O3S/c1-15(25)24(18-8-3-2-4-9-18)21-23-17(14-28-21)11-12-20(26)27-13-16-7-5-6-10-19(16)22/h2-12,14H,13H2,1H3/b12-11+. The van der Waals surface area contributed by atoms with E-state index in [9.17, 15) is 14.0 Å². The number of amides is 1. The number of aromatic nitrogens is 1. The van der Waals surface area contributed by atoms with Crippen molar-refractivity contribution in [1.29, 1.82) is 0 Å². The molecule has 28 heavy (non-hydrogen) atoms. The highest BCUT2D eigenvalue weighted by Crippen LogP contribution is 2.29. The first-order valence-electron chi connectivity index (χ1n) is 8.44. The van der Waals surface area contributed by atoms with Crippen molar-refractivity contribution < 1.29 is 18.7 Å². The van der Waals surface area contributed by atoms with Gasteiger partial charge < -0.3 is 4.74 Å². The van der Waals surface area contributed by atoms with Crippen molar-refractivity contribution in [1.82, 2.24) is 4.98 Å². The lowest BCUT2D eigenvalue weighted by atomic mass is 10.2. The van der Waals surface area contributed by atoms with E-state index in [2.05, 4.69) is 4.98 Å². The molecule has 0 N–H and O–H groups in total. The molecule has 1 aromatic heterocycles. The number of hydrogen-bond acceptors (Lipinski definition) is 5. The Hall–Kier alpha value is -3.32. The minimum absolute atomic E-state index is 0.149. The minimum atomic E-state index is -0.607. The molecule has 0 spiro atoms. The first-order valence-corrected chi connectivity index (χ1v) is 9.32. The molecule has 1 heterocycles. The van der Waals surface area contributed by atoms with Crippen LogP contribution in [0.5, 0.6) is 0 Å². The smallest absolute Gasteiger partial charge is 0.331 e. The van der Waals surface area contributed by atoms with Crippen molar-refractivity contribution in [3.8, 4) is 0 Å². The van der Waals surface area contributed by atoms with Gasteiger partial charge in [-0.05, 0) is 24.3 Å². The van der Waals surface area contributed by atoms with E-state index in [1.807, 2.05) is 30.3 Å². The fourth-order valence-electron chi connectivity index (χ4n) is 2.43. The fraction of sp³-hybridized carbons (Fsp3) is 0.0952. The largest absolute Gasteiger partial charge is 0.458 e. The molecule has 0 fully saturated rings. The average Bonchev–Trinajstić information content (AvgIpc) is 3.15. The van der Waals surface area contributed by atoms with Crippen LogP contribution in [-0.4, -0.2) is 16.9 Å². The van der Waals surface area contributed by atoms with Crippen LogP contribution in [-0.2, 0) is 20.9 Å². The van der Waals surface area contributed by atoms with E-state index < -0.39 is 11.8 Å². The quantitative estimate of drug-likeness (QED) is 0.447. The molecule has 0 unspecified atom stereocenters. The van der Waals surface area contributed by atoms with Gasteiger partial charge in [0, 0.05) is 23.9 Å². The van der Waals surface area contributed by atoms with Crippen LogP contribution in [0, 0.1) is 5.82 Å². The molecule has 3 aromatic rings. The number of esters is 1. The molecule has 0 aliphatic carbocycles. The number of carbonyl (C=O) groups excluding carboxylic acids is 2. The Morgan fingerprint density at radius 1 is 1.14 bits per heavy atom. The van der Waals surface area contributed by atoms with Crippen LogP contribution in [0.1, 0.15) is 18.2 Å². The molecule has 0 bridgehead atoms. The van der Waals surface area contributed by atoms with Gasteiger partial charge in [-0.15, -0.1) is 11.3 Å². The number of thiazole rings is 1. The second-order valence-corrected chi connectivity index (χ2v) is 6.61. The summed E-state index contributed by atoms with van der Waals surface area (Å²) in [6, 6.07) is 15.3. The molecule has 2 aromatic carbocycles. The highest BCUT2D eigenvalue weighted by molar-refractivity contribution is 7.14. The maximum Gasteiger partial charge on any atom is 0.331 e. The summed E-state index contributed by atoms with van der Waals surface area (Å²) in [6.45, 7) is 1.31. The Kier molecular flexibility index (Phi) is 6.29. The number of rotatable bonds is 6. The molecule has 0 aliphatic rings. The van der Waals surface area contributed by atoms with Gasteiger partial charge >= 0.3 is 5.97 Å². The molecule has 142 valence electrons. The molecular formula is C21H17FN2O3S. The summed E-state index contributed by atoms with van der Waals surface area (Å²) in [5.41, 5.74) is 1.54. The fourth-order valence-corrected chi connectivity index (χ4v) is 3.28. The van der Waals surface area contributed by atoms with Crippen molar-refractivity contribution in [2.75, 3.05) is 4.90 Å². The van der Waals surface area contributed by atoms with E-state index in [4.69, 9.17) is 4.74 Å². The van der Waals surface area contributed by atoms with Gasteiger partial charge in [0.05, 0.1) is 11.4 Å². The highest BCUT2D eigenvalue weighted by Gasteiger charge is 2.17. The SMILES string of the molecule is CC(=O)N(c1ccccc1)c1nc(/C=C/C(=O)OCc2ccccc2F)cs1. The number of carbonyl (C=O) groups is 2. The Balaban J connectivity index is 1.65. The van der Waals surface area contributed by atoms with Gasteiger partial charge in [-0.25, -0.2) is 14.2 Å². The molecule has 3 rings (SSSR count). The van der Waals surface area contributed by atoms with E-state index >= 15 is 0 Å². The third-order valence-corrected chi connectivity index (χ3v) is 4.59. The topological polar surface area (TPSA) is 59.5 Å². The van der Waals surface area contributed by atoms with Crippen molar-refractivity contribution in [3.63, 3.8) is 0 Å². The zero-order chi connectivity index (χ0) is 19.9. The van der Waals surface area contributed by atoms with Crippen LogP contribution in [0.3, 0.4) is 0 Å². The van der Waals surface area contributed by atoms with Gasteiger partial charge in [-0.3, -0.25) is 9.69 Å². The molecule has 0 atom stereocenters. The molecule has 0 aliphatic heterocycles. The summed E-state index contributed by atoms with van der Waals surface area (Å²) >= 11 is 1.29. The molecule has 0 saturated heterocycles. The van der Waals surface area contributed by atoms with E-state index in [0.29, 0.717) is 22.1 Å². The maximum absolute atomic E-state index is 13.5. The van der Waals surface area contributed by atoms with Gasteiger partial charge in [0.15, 0.2) is 5.13 Å². The third-order valence-electron chi connectivity index (χ3n) is 3.75. The van der Waals surface area contributed by atoms with Crippen molar-refractivity contribution in [3.05, 3.63) is 83.1 Å². The van der Waals surface area contributed by atoms with E-state index in [1.165, 1.54) is 41.4 Å². The van der Waals surface area contributed by atoms with Crippen LogP contribution in [0.25, 0.3) is 6.08 Å². The number of anilines is 2. The Labute approximate surface area is 165 Å². The summed E-state index contributed by atoms with van der Waals surface area (Å²) < 4.78 is 18.6. The summed E-state index contributed by atoms with van der Waals surface area (Å²) in [5.74, 6) is -1.20. The van der Waals surface area contributed by atoms with Crippen molar-refractivity contribution in [2.24, 2.45) is 0 Å². The second-order valence-electron chi connectivity index (χ2n) is 5.78. The molecule has 0 radical (unpaired) electrons. The van der Waals surface area contributed by atoms with Crippen LogP contribution in [0.4, 0.5) is 15.2 Å². The highest BCUT2D eigenvalue weighted by atomic mass is 32.1. The molecule has 7 heteroatoms. The van der Waals surface area contributed by atoms with Gasteiger partial charge in [0.2, 0.25) is 5.91 Å². The second kappa shape index (κ2) is 9.05. The zero-order valence-electron chi connectivity index (χ0n) is 15.0. The van der Waals surface area contributed by atoms with E-state index in [1.54, 1.807) is 23.6 Å². The van der Waals surface area contributed by atoms with Crippen molar-refractivity contribution in [2.45, 2.75) is 13.5 Å². The van der Waals surface area contributed by atoms with Gasteiger partial charge in [-0.2, -0.15) is 0 Å². The molecule has 0 saturated carbocycles. The zero-order valence-corrected chi connectivity index (χ0v) is 15.9. The van der Waals surface area contributed by atoms with Gasteiger partial charge in [0.25, 0.3) is 0 Å². The number of para-hydroxylation sites is 1. The van der Waals surface area contributed by atoms with Crippen molar-refractivity contribution >= 4 is 40.1 Å². The van der Waals surface area contributed by atoms with Crippen LogP contribution in [0.2, 0.25) is 0 Å². The summed E-state index contributed by atoms with van der Waals surface area (Å²) in [4.78, 5) is 29.8. The number of ether oxygens (including phenoxy) is 1. The number of halogens is 1. The predicted octanol–water partition coefficient (Wildman–Crippen LogP) is 4.72. The molecular weight excluding hydrogens is 379 g/mol. The number of hydrogen-bond donors (Lipinski definition) is 0. The third kappa shape index (κ3) is 4.89. The number of nitrogens with zero attached hydrogens (tertiary/aromatic N) is 2. The first kappa shape index (κ1) is 19.4. The number of benzene rings is 2. The molecule has 5 nitrogen and oxygen atoms in total. The average molecular weight is 396 g/mol. The minimum Gasteiger partial charge on any atom is -0.458 e. The summed E-state index contributed by atoms with van der Waals surface area (Å²) in [7, 11) is 0. The monoisotopic (exact) mass is 396 g/mol.